The number of para-hydroxylation sites is 1. The number of aromatic nitrogens is 2. The largest absolute Gasteiger partial charge is 0.382 e. The molecule has 7 nitrogen and oxygen atoms in total. The molecule has 29 heavy (non-hydrogen) atoms. The minimum atomic E-state index is -0.936. The lowest BCUT2D eigenvalue weighted by Crippen LogP contribution is -2.30. The highest BCUT2D eigenvalue weighted by molar-refractivity contribution is 6.06. The van der Waals surface area contributed by atoms with E-state index in [2.05, 4.69) is 10.5 Å². The lowest BCUT2D eigenvalue weighted by Gasteiger charge is -2.08. The van der Waals surface area contributed by atoms with Crippen molar-refractivity contribution in [3.8, 4) is 5.69 Å². The molecule has 148 valence electrons. The molecule has 0 bridgehead atoms. The molecule has 4 rings (SSSR count). The highest BCUT2D eigenvalue weighted by Gasteiger charge is 2.31. The lowest BCUT2D eigenvalue weighted by atomic mass is 10.0. The summed E-state index contributed by atoms with van der Waals surface area (Å²) in [4.78, 5) is 30.8. The quantitative estimate of drug-likeness (QED) is 0.739. The average Bonchev–Trinajstić information content (AvgIpc) is 3.29. The molecule has 0 radical (unpaired) electrons. The number of oxime groups is 1. The molecule has 3 aromatic rings. The second-order valence-electron chi connectivity index (χ2n) is 6.74. The Labute approximate surface area is 166 Å². The predicted molar refractivity (Wildman–Crippen MR) is 107 cm³/mol. The van der Waals surface area contributed by atoms with E-state index < -0.39 is 17.8 Å². The van der Waals surface area contributed by atoms with Gasteiger partial charge < -0.3 is 10.2 Å². The van der Waals surface area contributed by atoms with E-state index >= 15 is 0 Å². The number of nitrogens with zero attached hydrogens (tertiary/aromatic N) is 3. The number of benzene rings is 2. The van der Waals surface area contributed by atoms with Crippen LogP contribution in [0.25, 0.3) is 5.69 Å². The van der Waals surface area contributed by atoms with Gasteiger partial charge in [-0.1, -0.05) is 41.6 Å². The maximum Gasteiger partial charge on any atom is 0.295 e. The van der Waals surface area contributed by atoms with Crippen LogP contribution in [0.4, 0.5) is 10.1 Å². The van der Waals surface area contributed by atoms with Gasteiger partial charge in [-0.15, -0.1) is 0 Å². The van der Waals surface area contributed by atoms with Crippen molar-refractivity contribution in [2.24, 2.45) is 12.2 Å². The number of rotatable bonds is 4. The van der Waals surface area contributed by atoms with E-state index in [1.807, 2.05) is 18.2 Å². The van der Waals surface area contributed by atoms with Crippen LogP contribution < -0.4 is 10.9 Å². The molecule has 0 spiro atoms. The molecular formula is C21H19FN4O3. The van der Waals surface area contributed by atoms with Crippen molar-refractivity contribution < 1.29 is 14.0 Å². The predicted octanol–water partition coefficient (Wildman–Crippen LogP) is 2.76. The first-order valence-corrected chi connectivity index (χ1v) is 9.10. The number of anilines is 1. The van der Waals surface area contributed by atoms with Crippen molar-refractivity contribution in [1.29, 1.82) is 0 Å². The third kappa shape index (κ3) is 3.33. The second kappa shape index (κ2) is 7.38. The van der Waals surface area contributed by atoms with Crippen molar-refractivity contribution in [3.05, 3.63) is 82.0 Å². The summed E-state index contributed by atoms with van der Waals surface area (Å²) in [5.41, 5.74) is 1.76. The Morgan fingerprint density at radius 1 is 1.17 bits per heavy atom. The molecule has 1 aromatic heterocycles. The van der Waals surface area contributed by atoms with Crippen LogP contribution in [0.15, 0.2) is 64.5 Å². The molecule has 0 saturated carbocycles. The zero-order chi connectivity index (χ0) is 20.5. The van der Waals surface area contributed by atoms with Gasteiger partial charge in [0.05, 0.1) is 17.1 Å². The van der Waals surface area contributed by atoms with Crippen LogP contribution in [0.5, 0.6) is 0 Å². The highest BCUT2D eigenvalue weighted by atomic mass is 19.1. The first-order valence-electron chi connectivity index (χ1n) is 9.10. The van der Waals surface area contributed by atoms with Crippen molar-refractivity contribution in [3.63, 3.8) is 0 Å². The molecule has 0 saturated heterocycles. The summed E-state index contributed by atoms with van der Waals surface area (Å²) in [7, 11) is 1.74. The first-order chi connectivity index (χ1) is 14.0. The summed E-state index contributed by atoms with van der Waals surface area (Å²) in [5.74, 6) is -0.938. The van der Waals surface area contributed by atoms with Gasteiger partial charge in [0, 0.05) is 19.0 Å². The maximum atomic E-state index is 13.9. The third-order valence-corrected chi connectivity index (χ3v) is 4.95. The Hall–Kier alpha value is -3.68. The van der Waals surface area contributed by atoms with Gasteiger partial charge in [-0.3, -0.25) is 14.3 Å². The van der Waals surface area contributed by atoms with E-state index in [1.165, 1.54) is 10.7 Å². The van der Waals surface area contributed by atoms with Gasteiger partial charge in [0.15, 0.2) is 0 Å². The smallest absolute Gasteiger partial charge is 0.295 e. The SMILES string of the molecule is Cc1c(NC(=O)C2CC(c3ccccc3F)=NO2)c(=O)n(-c2ccccc2)n1C. The Morgan fingerprint density at radius 3 is 2.59 bits per heavy atom. The Kier molecular flexibility index (Phi) is 4.75. The second-order valence-corrected chi connectivity index (χ2v) is 6.74. The monoisotopic (exact) mass is 394 g/mol. The van der Waals surface area contributed by atoms with E-state index in [-0.39, 0.29) is 17.7 Å². The van der Waals surface area contributed by atoms with Gasteiger partial charge in [-0.05, 0) is 25.1 Å². The van der Waals surface area contributed by atoms with Crippen molar-refractivity contribution >= 4 is 17.3 Å². The average molecular weight is 394 g/mol. The highest BCUT2D eigenvalue weighted by Crippen LogP contribution is 2.21. The summed E-state index contributed by atoms with van der Waals surface area (Å²) in [5, 5.41) is 6.51. The maximum absolute atomic E-state index is 13.9. The number of nitrogens with one attached hydrogen (secondary N) is 1. The van der Waals surface area contributed by atoms with Gasteiger partial charge in [-0.2, -0.15) is 0 Å². The van der Waals surface area contributed by atoms with Gasteiger partial charge in [0.1, 0.15) is 11.5 Å². The van der Waals surface area contributed by atoms with Crippen LogP contribution >= 0.6 is 0 Å². The van der Waals surface area contributed by atoms with Crippen molar-refractivity contribution in [2.75, 3.05) is 5.32 Å². The Balaban J connectivity index is 1.55. The Bertz CT molecular complexity index is 1160. The number of halogens is 1. The third-order valence-electron chi connectivity index (χ3n) is 4.95. The van der Waals surface area contributed by atoms with Crippen LogP contribution in [0, 0.1) is 12.7 Å². The van der Waals surface area contributed by atoms with E-state index in [4.69, 9.17) is 4.84 Å². The first kappa shape index (κ1) is 18.7. The number of hydrogen-bond donors (Lipinski definition) is 1. The fraction of sp³-hybridized carbons (Fsp3) is 0.190. The van der Waals surface area contributed by atoms with E-state index in [1.54, 1.807) is 49.0 Å². The molecule has 1 atom stereocenters. The summed E-state index contributed by atoms with van der Waals surface area (Å²) >= 11 is 0. The molecule has 8 heteroatoms. The summed E-state index contributed by atoms with van der Waals surface area (Å²) < 4.78 is 17.1. The number of hydrogen-bond acceptors (Lipinski definition) is 4. The molecule has 0 fully saturated rings. The van der Waals surface area contributed by atoms with Crippen LogP contribution in [-0.4, -0.2) is 27.1 Å². The zero-order valence-electron chi connectivity index (χ0n) is 15.9. The van der Waals surface area contributed by atoms with Crippen LogP contribution in [0.3, 0.4) is 0 Å². The summed E-state index contributed by atoms with van der Waals surface area (Å²) in [6, 6.07) is 15.3. The van der Waals surface area contributed by atoms with E-state index in [0.29, 0.717) is 22.7 Å². The van der Waals surface area contributed by atoms with Gasteiger partial charge >= 0.3 is 0 Å². The molecule has 1 aliphatic heterocycles. The molecule has 1 aliphatic rings. The topological polar surface area (TPSA) is 77.6 Å². The van der Waals surface area contributed by atoms with Crippen LogP contribution in [0.1, 0.15) is 17.7 Å². The summed E-state index contributed by atoms with van der Waals surface area (Å²) in [6.45, 7) is 1.74. The number of carbonyl (C=O) groups excluding carboxylic acids is 1. The number of amides is 1. The van der Waals surface area contributed by atoms with E-state index in [0.717, 1.165) is 0 Å². The minimum Gasteiger partial charge on any atom is -0.382 e. The fourth-order valence-corrected chi connectivity index (χ4v) is 3.29. The molecule has 1 unspecified atom stereocenters. The van der Waals surface area contributed by atoms with Crippen molar-refractivity contribution in [2.45, 2.75) is 19.4 Å². The Morgan fingerprint density at radius 2 is 1.86 bits per heavy atom. The van der Waals surface area contributed by atoms with Gasteiger partial charge in [0.2, 0.25) is 6.10 Å². The summed E-state index contributed by atoms with van der Waals surface area (Å²) in [6.07, 6.45) is -0.820. The zero-order valence-corrected chi connectivity index (χ0v) is 15.9. The van der Waals surface area contributed by atoms with Crippen LogP contribution in [0.2, 0.25) is 0 Å². The fourth-order valence-electron chi connectivity index (χ4n) is 3.29. The molecule has 0 aliphatic carbocycles. The van der Waals surface area contributed by atoms with Crippen LogP contribution in [-0.2, 0) is 16.7 Å². The van der Waals surface area contributed by atoms with Crippen molar-refractivity contribution in [1.82, 2.24) is 9.36 Å². The van der Waals surface area contributed by atoms with Gasteiger partial charge in [-0.25, -0.2) is 9.07 Å². The molecule has 2 heterocycles. The minimum absolute atomic E-state index is 0.117. The standard InChI is InChI=1S/C21H19FN4O3/c1-13-19(21(28)26(25(13)2)14-8-4-3-5-9-14)23-20(27)18-12-17(24-29-18)15-10-6-7-11-16(15)22/h3-11,18H,12H2,1-2H3,(H,23,27). The molecule has 1 N–H and O–H groups in total. The van der Waals surface area contributed by atoms with E-state index in [9.17, 15) is 14.0 Å². The number of carbonyl (C=O) groups is 1. The van der Waals surface area contributed by atoms with Gasteiger partial charge in [0.25, 0.3) is 11.5 Å². The molecule has 2 aromatic carbocycles. The lowest BCUT2D eigenvalue weighted by molar-refractivity contribution is -0.125. The normalized spacial score (nSPS) is 15.7. The molecule has 1 amide bonds. The molecular weight excluding hydrogens is 375 g/mol.